The third-order valence-electron chi connectivity index (χ3n) is 3.17. The molecular weight excluding hydrogens is 318 g/mol. The van der Waals surface area contributed by atoms with E-state index < -0.39 is 0 Å². The van der Waals surface area contributed by atoms with Gasteiger partial charge in [-0.3, -0.25) is 4.79 Å². The van der Waals surface area contributed by atoms with Crippen molar-refractivity contribution < 1.29 is 9.53 Å². The maximum absolute atomic E-state index is 12.1. The van der Waals surface area contributed by atoms with Gasteiger partial charge < -0.3 is 10.1 Å². The van der Waals surface area contributed by atoms with E-state index >= 15 is 0 Å². The van der Waals surface area contributed by atoms with Gasteiger partial charge in [-0.05, 0) is 42.0 Å². The molecule has 0 atom stereocenters. The first-order chi connectivity index (χ1) is 9.67. The van der Waals surface area contributed by atoms with Gasteiger partial charge in [-0.15, -0.1) is 0 Å². The number of amides is 1. The minimum absolute atomic E-state index is 0.0825. The summed E-state index contributed by atoms with van der Waals surface area (Å²) in [5.41, 5.74) is 3.34. The molecule has 0 fully saturated rings. The number of methoxy groups -OCH3 is 1. The van der Waals surface area contributed by atoms with Crippen LogP contribution in [0.3, 0.4) is 0 Å². The zero-order chi connectivity index (χ0) is 14.1. The van der Waals surface area contributed by atoms with Crippen LogP contribution in [-0.2, 0) is 4.79 Å². The second kappa shape index (κ2) is 5.13. The highest BCUT2D eigenvalue weighted by Crippen LogP contribution is 2.35. The first-order valence-electron chi connectivity index (χ1n) is 6.14. The third-order valence-corrected chi connectivity index (χ3v) is 3.66. The number of halogens is 1. The SMILES string of the molecule is COc1cccc(/C=C2\C(=O)Nc3ccc(Br)cc32)c1. The van der Waals surface area contributed by atoms with Crippen molar-refractivity contribution in [3.05, 3.63) is 58.1 Å². The maximum Gasteiger partial charge on any atom is 0.256 e. The lowest BCUT2D eigenvalue weighted by molar-refractivity contribution is -0.110. The van der Waals surface area contributed by atoms with Crippen molar-refractivity contribution in [1.29, 1.82) is 0 Å². The molecule has 3 rings (SSSR count). The van der Waals surface area contributed by atoms with E-state index in [1.165, 1.54) is 0 Å². The second-order valence-electron chi connectivity index (χ2n) is 4.48. The van der Waals surface area contributed by atoms with Gasteiger partial charge in [-0.1, -0.05) is 28.1 Å². The van der Waals surface area contributed by atoms with E-state index in [-0.39, 0.29) is 5.91 Å². The first kappa shape index (κ1) is 12.9. The molecule has 100 valence electrons. The molecule has 2 aromatic rings. The fourth-order valence-electron chi connectivity index (χ4n) is 2.20. The molecule has 0 bridgehead atoms. The molecule has 2 aromatic carbocycles. The Morgan fingerprint density at radius 1 is 1.20 bits per heavy atom. The number of ether oxygens (including phenoxy) is 1. The number of rotatable bonds is 2. The van der Waals surface area contributed by atoms with E-state index in [2.05, 4.69) is 21.2 Å². The van der Waals surface area contributed by atoms with Crippen molar-refractivity contribution in [2.75, 3.05) is 12.4 Å². The Bertz CT molecular complexity index is 722. The third kappa shape index (κ3) is 2.34. The van der Waals surface area contributed by atoms with Gasteiger partial charge in [0.15, 0.2) is 0 Å². The minimum atomic E-state index is -0.0825. The van der Waals surface area contributed by atoms with Gasteiger partial charge in [0, 0.05) is 21.3 Å². The van der Waals surface area contributed by atoms with Crippen molar-refractivity contribution >= 4 is 39.2 Å². The molecular formula is C16H12BrNO2. The smallest absolute Gasteiger partial charge is 0.256 e. The lowest BCUT2D eigenvalue weighted by Gasteiger charge is -2.02. The quantitative estimate of drug-likeness (QED) is 0.847. The summed E-state index contributed by atoms with van der Waals surface area (Å²) in [5, 5.41) is 2.86. The van der Waals surface area contributed by atoms with Crippen LogP contribution in [0, 0.1) is 0 Å². The number of carbonyl (C=O) groups excluding carboxylic acids is 1. The molecule has 1 amide bonds. The molecule has 1 aliphatic heterocycles. The van der Waals surface area contributed by atoms with Gasteiger partial charge in [-0.25, -0.2) is 0 Å². The van der Waals surface area contributed by atoms with E-state index in [9.17, 15) is 4.79 Å². The lowest BCUT2D eigenvalue weighted by Crippen LogP contribution is -2.03. The van der Waals surface area contributed by atoms with Gasteiger partial charge in [-0.2, -0.15) is 0 Å². The van der Waals surface area contributed by atoms with Crippen LogP contribution < -0.4 is 10.1 Å². The Morgan fingerprint density at radius 2 is 2.05 bits per heavy atom. The minimum Gasteiger partial charge on any atom is -0.497 e. The second-order valence-corrected chi connectivity index (χ2v) is 5.39. The first-order valence-corrected chi connectivity index (χ1v) is 6.94. The Labute approximate surface area is 125 Å². The summed E-state index contributed by atoms with van der Waals surface area (Å²) in [5.74, 6) is 0.688. The Hall–Kier alpha value is -2.07. The summed E-state index contributed by atoms with van der Waals surface area (Å²) in [4.78, 5) is 12.1. The number of carbonyl (C=O) groups is 1. The maximum atomic E-state index is 12.1. The number of benzene rings is 2. The fraction of sp³-hybridized carbons (Fsp3) is 0.0625. The Kier molecular flexibility index (Phi) is 3.32. The van der Waals surface area contributed by atoms with Crippen molar-refractivity contribution in [3.63, 3.8) is 0 Å². The van der Waals surface area contributed by atoms with Crippen LogP contribution in [0.1, 0.15) is 11.1 Å². The predicted molar refractivity (Wildman–Crippen MR) is 83.6 cm³/mol. The molecule has 1 N–H and O–H groups in total. The molecule has 0 spiro atoms. The molecule has 0 aromatic heterocycles. The van der Waals surface area contributed by atoms with Crippen LogP contribution in [0.5, 0.6) is 5.75 Å². The monoisotopic (exact) mass is 329 g/mol. The van der Waals surface area contributed by atoms with Gasteiger partial charge >= 0.3 is 0 Å². The molecule has 1 heterocycles. The standard InChI is InChI=1S/C16H12BrNO2/c1-20-12-4-2-3-10(7-12)8-14-13-9-11(17)5-6-15(13)18-16(14)19/h2-9H,1H3,(H,18,19)/b14-8-. The molecule has 0 saturated heterocycles. The predicted octanol–water partition coefficient (Wildman–Crippen LogP) is 3.95. The summed E-state index contributed by atoms with van der Waals surface area (Å²) in [7, 11) is 1.63. The molecule has 0 aliphatic carbocycles. The highest BCUT2D eigenvalue weighted by atomic mass is 79.9. The van der Waals surface area contributed by atoms with Crippen LogP contribution >= 0.6 is 15.9 Å². The molecule has 0 radical (unpaired) electrons. The van der Waals surface area contributed by atoms with Crippen molar-refractivity contribution in [2.24, 2.45) is 0 Å². The zero-order valence-corrected chi connectivity index (χ0v) is 12.4. The summed E-state index contributed by atoms with van der Waals surface area (Å²) < 4.78 is 6.15. The van der Waals surface area contributed by atoms with Gasteiger partial charge in [0.1, 0.15) is 5.75 Å². The van der Waals surface area contributed by atoms with Crippen LogP contribution in [0.2, 0.25) is 0 Å². The van der Waals surface area contributed by atoms with Gasteiger partial charge in [0.25, 0.3) is 5.91 Å². The van der Waals surface area contributed by atoms with E-state index in [1.54, 1.807) is 7.11 Å². The molecule has 0 unspecified atom stereocenters. The van der Waals surface area contributed by atoms with E-state index in [0.29, 0.717) is 5.57 Å². The highest BCUT2D eigenvalue weighted by Gasteiger charge is 2.23. The van der Waals surface area contributed by atoms with Gasteiger partial charge in [0.2, 0.25) is 0 Å². The molecule has 3 nitrogen and oxygen atoms in total. The van der Waals surface area contributed by atoms with E-state index in [4.69, 9.17) is 4.74 Å². The van der Waals surface area contributed by atoms with Crippen LogP contribution in [0.25, 0.3) is 11.6 Å². The van der Waals surface area contributed by atoms with Crippen LogP contribution in [0.4, 0.5) is 5.69 Å². The number of anilines is 1. The van der Waals surface area contributed by atoms with Crippen molar-refractivity contribution in [2.45, 2.75) is 0 Å². The van der Waals surface area contributed by atoms with Gasteiger partial charge in [0.05, 0.1) is 7.11 Å². The van der Waals surface area contributed by atoms with Crippen molar-refractivity contribution in [3.8, 4) is 5.75 Å². The zero-order valence-electron chi connectivity index (χ0n) is 10.8. The molecule has 0 saturated carbocycles. The molecule has 20 heavy (non-hydrogen) atoms. The lowest BCUT2D eigenvalue weighted by atomic mass is 10.0. The van der Waals surface area contributed by atoms with E-state index in [0.717, 1.165) is 27.0 Å². The summed E-state index contributed by atoms with van der Waals surface area (Å²) in [6.45, 7) is 0. The average molecular weight is 330 g/mol. The summed E-state index contributed by atoms with van der Waals surface area (Å²) in [6.07, 6.45) is 1.87. The number of hydrogen-bond donors (Lipinski definition) is 1. The highest BCUT2D eigenvalue weighted by molar-refractivity contribution is 9.10. The number of nitrogens with one attached hydrogen (secondary N) is 1. The number of fused-ring (bicyclic) bond motifs is 1. The topological polar surface area (TPSA) is 38.3 Å². The molecule has 4 heteroatoms. The van der Waals surface area contributed by atoms with E-state index in [1.807, 2.05) is 48.5 Å². The van der Waals surface area contributed by atoms with Crippen molar-refractivity contribution in [1.82, 2.24) is 0 Å². The Morgan fingerprint density at radius 3 is 2.85 bits per heavy atom. The summed E-state index contributed by atoms with van der Waals surface area (Å²) in [6, 6.07) is 13.4. The fourth-order valence-corrected chi connectivity index (χ4v) is 2.56. The average Bonchev–Trinajstić information content (AvgIpc) is 2.75. The Balaban J connectivity index is 2.08. The normalized spacial score (nSPS) is 15.1. The number of hydrogen-bond acceptors (Lipinski definition) is 2. The van der Waals surface area contributed by atoms with Crippen LogP contribution in [0.15, 0.2) is 46.9 Å². The largest absolute Gasteiger partial charge is 0.497 e. The van der Waals surface area contributed by atoms with Crippen LogP contribution in [-0.4, -0.2) is 13.0 Å². The molecule has 1 aliphatic rings. The summed E-state index contributed by atoms with van der Waals surface area (Å²) >= 11 is 3.43.